The van der Waals surface area contributed by atoms with Gasteiger partial charge in [0.2, 0.25) is 0 Å². The van der Waals surface area contributed by atoms with E-state index in [1.807, 2.05) is 29.2 Å². The van der Waals surface area contributed by atoms with E-state index in [-0.39, 0.29) is 18.3 Å². The maximum absolute atomic E-state index is 12.6. The molecule has 0 radical (unpaired) electrons. The zero-order valence-corrected chi connectivity index (χ0v) is 14.8. The van der Waals surface area contributed by atoms with Gasteiger partial charge in [0.1, 0.15) is 0 Å². The molecule has 1 rings (SSSR count). The summed E-state index contributed by atoms with van der Waals surface area (Å²) in [5, 5.41) is 0. The maximum atomic E-state index is 12.6. The average Bonchev–Trinajstić information content (AvgIpc) is 2.53. The van der Waals surface area contributed by atoms with Crippen LogP contribution in [0.4, 0.5) is 0 Å². The first-order valence-corrected chi connectivity index (χ1v) is 8.31. The van der Waals surface area contributed by atoms with Crippen molar-refractivity contribution >= 4 is 18.3 Å². The largest absolute Gasteiger partial charge is 0.339 e. The van der Waals surface area contributed by atoms with Crippen molar-refractivity contribution in [3.63, 3.8) is 0 Å². The lowest BCUT2D eigenvalue weighted by Crippen LogP contribution is -2.33. The lowest BCUT2D eigenvalue weighted by molar-refractivity contribution is 0.0749. The molecule has 0 bridgehead atoms. The second-order valence-corrected chi connectivity index (χ2v) is 5.61. The molecule has 22 heavy (non-hydrogen) atoms. The van der Waals surface area contributed by atoms with E-state index in [9.17, 15) is 4.79 Å². The molecule has 0 atom stereocenters. The van der Waals surface area contributed by atoms with E-state index in [1.165, 1.54) is 25.7 Å². The molecule has 0 aliphatic rings. The van der Waals surface area contributed by atoms with Crippen molar-refractivity contribution in [3.05, 3.63) is 35.4 Å². The van der Waals surface area contributed by atoms with E-state index in [0.29, 0.717) is 6.54 Å². The Hall–Kier alpha value is -1.06. The van der Waals surface area contributed by atoms with Crippen molar-refractivity contribution in [2.75, 3.05) is 13.1 Å². The Morgan fingerprint density at radius 1 is 0.955 bits per heavy atom. The van der Waals surface area contributed by atoms with Gasteiger partial charge in [0, 0.05) is 25.2 Å². The highest BCUT2D eigenvalue weighted by molar-refractivity contribution is 5.94. The minimum atomic E-state index is 0. The van der Waals surface area contributed by atoms with Gasteiger partial charge in [-0.25, -0.2) is 0 Å². The smallest absolute Gasteiger partial charge is 0.253 e. The van der Waals surface area contributed by atoms with Gasteiger partial charge in [-0.05, 0) is 30.5 Å². The molecule has 0 heterocycles. The molecule has 0 fully saturated rings. The number of amides is 1. The molecule has 4 heteroatoms. The third-order valence-electron chi connectivity index (χ3n) is 3.79. The predicted molar refractivity (Wildman–Crippen MR) is 96.5 cm³/mol. The summed E-state index contributed by atoms with van der Waals surface area (Å²) < 4.78 is 0. The number of nitrogens with zero attached hydrogens (tertiary/aromatic N) is 1. The lowest BCUT2D eigenvalue weighted by Gasteiger charge is -2.23. The Labute approximate surface area is 141 Å². The van der Waals surface area contributed by atoms with E-state index in [2.05, 4.69) is 13.8 Å². The van der Waals surface area contributed by atoms with Crippen LogP contribution in [0.15, 0.2) is 24.3 Å². The second-order valence-electron chi connectivity index (χ2n) is 5.61. The number of halogens is 1. The number of unbranched alkanes of at least 4 members (excludes halogenated alkanes) is 4. The Balaban J connectivity index is 0.00000441. The van der Waals surface area contributed by atoms with Gasteiger partial charge in [-0.2, -0.15) is 0 Å². The highest BCUT2D eigenvalue weighted by Crippen LogP contribution is 2.11. The molecule has 1 aromatic rings. The van der Waals surface area contributed by atoms with Crippen molar-refractivity contribution < 1.29 is 4.79 Å². The summed E-state index contributed by atoms with van der Waals surface area (Å²) in [5.74, 6) is 0.158. The van der Waals surface area contributed by atoms with Crippen LogP contribution < -0.4 is 5.73 Å². The Bertz CT molecular complexity index is 396. The number of carbonyl (C=O) groups is 1. The molecular formula is C18H31ClN2O. The molecule has 0 saturated heterocycles. The molecular weight excluding hydrogens is 296 g/mol. The third kappa shape index (κ3) is 7.28. The van der Waals surface area contributed by atoms with Crippen LogP contribution in [-0.2, 0) is 6.54 Å². The number of carbonyl (C=O) groups excluding carboxylic acids is 1. The molecule has 3 nitrogen and oxygen atoms in total. The lowest BCUT2D eigenvalue weighted by atomic mass is 10.1. The van der Waals surface area contributed by atoms with Gasteiger partial charge in [-0.3, -0.25) is 4.79 Å². The monoisotopic (exact) mass is 326 g/mol. The Morgan fingerprint density at radius 3 is 1.86 bits per heavy atom. The van der Waals surface area contributed by atoms with Crippen molar-refractivity contribution in [2.45, 2.75) is 58.9 Å². The summed E-state index contributed by atoms with van der Waals surface area (Å²) in [5.41, 5.74) is 7.45. The highest BCUT2D eigenvalue weighted by Gasteiger charge is 2.14. The maximum Gasteiger partial charge on any atom is 0.253 e. The van der Waals surface area contributed by atoms with Gasteiger partial charge < -0.3 is 10.6 Å². The summed E-state index contributed by atoms with van der Waals surface area (Å²) in [6.07, 6.45) is 6.92. The quantitative estimate of drug-likeness (QED) is 0.648. The molecule has 126 valence electrons. The molecule has 0 aliphatic carbocycles. The summed E-state index contributed by atoms with van der Waals surface area (Å²) >= 11 is 0. The van der Waals surface area contributed by atoms with Crippen molar-refractivity contribution in [3.8, 4) is 0 Å². The van der Waals surface area contributed by atoms with Crippen molar-refractivity contribution in [2.24, 2.45) is 5.73 Å². The number of rotatable bonds is 10. The van der Waals surface area contributed by atoms with Crippen LogP contribution in [0.5, 0.6) is 0 Å². The van der Waals surface area contributed by atoms with E-state index >= 15 is 0 Å². The Kier molecular flexibility index (Phi) is 11.9. The summed E-state index contributed by atoms with van der Waals surface area (Å²) in [6.45, 7) is 6.64. The molecule has 0 spiro atoms. The van der Waals surface area contributed by atoms with Gasteiger partial charge >= 0.3 is 0 Å². The predicted octanol–water partition coefficient (Wildman–Crippen LogP) is 4.39. The van der Waals surface area contributed by atoms with Gasteiger partial charge in [0.25, 0.3) is 5.91 Å². The highest BCUT2D eigenvalue weighted by atomic mass is 35.5. The summed E-state index contributed by atoms with van der Waals surface area (Å²) in [7, 11) is 0. The fourth-order valence-electron chi connectivity index (χ4n) is 2.39. The topological polar surface area (TPSA) is 46.3 Å². The number of hydrogen-bond donors (Lipinski definition) is 1. The van der Waals surface area contributed by atoms with E-state index in [4.69, 9.17) is 5.73 Å². The van der Waals surface area contributed by atoms with Crippen LogP contribution in [0.1, 0.15) is 68.3 Å². The normalized spacial score (nSPS) is 10.1. The second kappa shape index (κ2) is 12.5. The fraction of sp³-hybridized carbons (Fsp3) is 0.611. The van der Waals surface area contributed by atoms with Crippen LogP contribution in [0.3, 0.4) is 0 Å². The molecule has 0 aromatic heterocycles. The first kappa shape index (κ1) is 20.9. The van der Waals surface area contributed by atoms with Gasteiger partial charge in [0.15, 0.2) is 0 Å². The van der Waals surface area contributed by atoms with Crippen LogP contribution in [0.2, 0.25) is 0 Å². The minimum Gasteiger partial charge on any atom is -0.339 e. The summed E-state index contributed by atoms with van der Waals surface area (Å²) in [4.78, 5) is 14.6. The molecule has 0 unspecified atom stereocenters. The van der Waals surface area contributed by atoms with Gasteiger partial charge in [-0.15, -0.1) is 12.4 Å². The number of hydrogen-bond acceptors (Lipinski definition) is 2. The van der Waals surface area contributed by atoms with Crippen LogP contribution in [0, 0.1) is 0 Å². The van der Waals surface area contributed by atoms with Crippen molar-refractivity contribution in [1.82, 2.24) is 4.90 Å². The third-order valence-corrected chi connectivity index (χ3v) is 3.79. The zero-order chi connectivity index (χ0) is 15.5. The first-order chi connectivity index (χ1) is 10.2. The summed E-state index contributed by atoms with van der Waals surface area (Å²) in [6, 6.07) is 7.70. The molecule has 2 N–H and O–H groups in total. The minimum absolute atomic E-state index is 0. The number of benzene rings is 1. The number of nitrogens with two attached hydrogens (primary N) is 1. The molecule has 1 aromatic carbocycles. The van der Waals surface area contributed by atoms with Gasteiger partial charge in [-0.1, -0.05) is 51.7 Å². The SMILES string of the molecule is CCCCCN(CCCCC)C(=O)c1ccc(CN)cc1.Cl. The van der Waals surface area contributed by atoms with E-state index < -0.39 is 0 Å². The first-order valence-electron chi connectivity index (χ1n) is 8.31. The standard InChI is InChI=1S/C18H30N2O.ClH/c1-3-5-7-13-20(14-8-6-4-2)18(21)17-11-9-16(15-19)10-12-17;/h9-12H,3-8,13-15,19H2,1-2H3;1H. The van der Waals surface area contributed by atoms with Crippen LogP contribution in [0.25, 0.3) is 0 Å². The molecule has 1 amide bonds. The fourth-order valence-corrected chi connectivity index (χ4v) is 2.39. The van der Waals surface area contributed by atoms with Gasteiger partial charge in [0.05, 0.1) is 0 Å². The van der Waals surface area contributed by atoms with E-state index in [1.54, 1.807) is 0 Å². The average molecular weight is 327 g/mol. The van der Waals surface area contributed by atoms with Crippen LogP contribution >= 0.6 is 12.4 Å². The molecule has 0 saturated carbocycles. The van der Waals surface area contributed by atoms with E-state index in [0.717, 1.165) is 37.1 Å². The van der Waals surface area contributed by atoms with Crippen molar-refractivity contribution in [1.29, 1.82) is 0 Å². The zero-order valence-electron chi connectivity index (χ0n) is 14.0. The molecule has 0 aliphatic heterocycles. The van der Waals surface area contributed by atoms with Crippen LogP contribution in [-0.4, -0.2) is 23.9 Å². The Morgan fingerprint density at radius 2 is 1.45 bits per heavy atom.